The van der Waals surface area contributed by atoms with Gasteiger partial charge in [-0.1, -0.05) is 6.92 Å². The summed E-state index contributed by atoms with van der Waals surface area (Å²) in [5.41, 5.74) is 0. The minimum atomic E-state index is -1.12. The molecule has 4 N–H and O–H groups in total. The van der Waals surface area contributed by atoms with Crippen LogP contribution in [0.3, 0.4) is 0 Å². The van der Waals surface area contributed by atoms with Crippen LogP contribution in [0, 0.1) is 5.92 Å². The van der Waals surface area contributed by atoms with E-state index in [9.17, 15) is 15.3 Å². The highest BCUT2D eigenvalue weighted by atomic mass is 16.5. The quantitative estimate of drug-likeness (QED) is 0.437. The summed E-state index contributed by atoms with van der Waals surface area (Å²) < 4.78 is 4.84. The molecule has 5 nitrogen and oxygen atoms in total. The lowest BCUT2D eigenvalue weighted by atomic mass is 9.92. The van der Waals surface area contributed by atoms with E-state index in [1.54, 1.807) is 13.8 Å². The van der Waals surface area contributed by atoms with Gasteiger partial charge in [0, 0.05) is 13.0 Å². The molecule has 5 heteroatoms. The maximum absolute atomic E-state index is 9.59. The normalized spacial score (nSPS) is 22.5. The summed E-state index contributed by atoms with van der Waals surface area (Å²) in [5.74, 6) is -0.604. The minimum Gasteiger partial charge on any atom is -0.394 e. The molecule has 0 aliphatic rings. The molecule has 0 rings (SSSR count). The Morgan fingerprint density at radius 1 is 1.07 bits per heavy atom. The van der Waals surface area contributed by atoms with Crippen LogP contribution in [0.15, 0.2) is 0 Å². The van der Waals surface area contributed by atoms with Crippen molar-refractivity contribution in [3.63, 3.8) is 0 Å². The second kappa shape index (κ2) is 6.31. The largest absolute Gasteiger partial charge is 0.394 e. The van der Waals surface area contributed by atoms with Crippen LogP contribution in [0.25, 0.3) is 0 Å². The molecule has 0 aliphatic heterocycles. The van der Waals surface area contributed by atoms with Gasteiger partial charge in [0.15, 0.2) is 0 Å². The lowest BCUT2D eigenvalue weighted by Gasteiger charge is -2.29. The first-order valence-corrected chi connectivity index (χ1v) is 4.63. The van der Waals surface area contributed by atoms with E-state index in [4.69, 9.17) is 9.84 Å². The Morgan fingerprint density at radius 2 is 1.57 bits per heavy atom. The van der Waals surface area contributed by atoms with Gasteiger partial charge in [0.2, 0.25) is 0 Å². The Balaban J connectivity index is 4.22. The zero-order chi connectivity index (χ0) is 11.3. The molecule has 0 spiro atoms. The molecule has 86 valence electrons. The second-order valence-corrected chi connectivity index (χ2v) is 3.53. The molecule has 4 unspecified atom stereocenters. The molecule has 0 fully saturated rings. The predicted molar refractivity (Wildman–Crippen MR) is 50.7 cm³/mol. The van der Waals surface area contributed by atoms with E-state index in [1.165, 1.54) is 7.11 Å². The highest BCUT2D eigenvalue weighted by molar-refractivity contribution is 4.81. The molecule has 0 aromatic heterocycles. The number of methoxy groups -OCH3 is 1. The van der Waals surface area contributed by atoms with Crippen molar-refractivity contribution in [2.45, 2.75) is 38.3 Å². The van der Waals surface area contributed by atoms with Gasteiger partial charge >= 0.3 is 0 Å². The van der Waals surface area contributed by atoms with Crippen LogP contribution >= 0.6 is 0 Å². The number of hydrogen-bond donors (Lipinski definition) is 4. The van der Waals surface area contributed by atoms with Gasteiger partial charge < -0.3 is 25.2 Å². The molecule has 0 amide bonds. The Kier molecular flexibility index (Phi) is 6.22. The van der Waals surface area contributed by atoms with Gasteiger partial charge in [-0.3, -0.25) is 0 Å². The average Bonchev–Trinajstić information content (AvgIpc) is 2.23. The topological polar surface area (TPSA) is 90.2 Å². The Labute approximate surface area is 83.9 Å². The second-order valence-electron chi connectivity index (χ2n) is 3.53. The summed E-state index contributed by atoms with van der Waals surface area (Å²) in [6.07, 6.45) is -3.75. The summed E-state index contributed by atoms with van der Waals surface area (Å²) >= 11 is 0. The van der Waals surface area contributed by atoms with E-state index < -0.39 is 36.9 Å². The lowest BCUT2D eigenvalue weighted by molar-refractivity contribution is -0.108. The van der Waals surface area contributed by atoms with Crippen molar-refractivity contribution in [2.75, 3.05) is 13.7 Å². The molecule has 0 heterocycles. The first-order valence-electron chi connectivity index (χ1n) is 4.63. The monoisotopic (exact) mass is 208 g/mol. The van der Waals surface area contributed by atoms with Crippen molar-refractivity contribution >= 4 is 0 Å². The van der Waals surface area contributed by atoms with E-state index in [1.807, 2.05) is 0 Å². The number of ether oxygens (including phenoxy) is 1. The molecule has 0 saturated heterocycles. The number of hydrogen-bond acceptors (Lipinski definition) is 5. The third-order valence-corrected chi connectivity index (χ3v) is 2.54. The molecule has 14 heavy (non-hydrogen) atoms. The van der Waals surface area contributed by atoms with Crippen LogP contribution in [0.2, 0.25) is 0 Å². The Hall–Kier alpha value is -0.200. The molecule has 0 aromatic rings. The molecule has 0 radical (unpaired) electrons. The first-order chi connectivity index (χ1) is 6.45. The van der Waals surface area contributed by atoms with Crippen molar-refractivity contribution in [1.29, 1.82) is 0 Å². The average molecular weight is 208 g/mol. The first kappa shape index (κ1) is 13.8. The summed E-state index contributed by atoms with van der Waals surface area (Å²) in [4.78, 5) is 0. The predicted octanol–water partition coefficient (Wildman–Crippen LogP) is -1.27. The van der Waals surface area contributed by atoms with Crippen molar-refractivity contribution < 1.29 is 25.2 Å². The van der Waals surface area contributed by atoms with Gasteiger partial charge in [-0.2, -0.15) is 0 Å². The minimum absolute atomic E-state index is 0.438. The summed E-state index contributed by atoms with van der Waals surface area (Å²) in [7, 11) is 1.42. The van der Waals surface area contributed by atoms with Crippen molar-refractivity contribution in [3.05, 3.63) is 0 Å². The number of aliphatic hydroxyl groups is 4. The Bertz CT molecular complexity index is 136. The fraction of sp³-hybridized carbons (Fsp3) is 1.00. The van der Waals surface area contributed by atoms with E-state index in [2.05, 4.69) is 0 Å². The number of aliphatic hydroxyl groups excluding tert-OH is 4. The molecule has 0 bridgehead atoms. The van der Waals surface area contributed by atoms with Gasteiger partial charge in [0.25, 0.3) is 0 Å². The molecular formula is C9H20O5. The van der Waals surface area contributed by atoms with Crippen LogP contribution in [0.4, 0.5) is 0 Å². The van der Waals surface area contributed by atoms with Crippen LogP contribution < -0.4 is 0 Å². The smallest absolute Gasteiger partial charge is 0.106 e. The zero-order valence-corrected chi connectivity index (χ0v) is 8.79. The van der Waals surface area contributed by atoms with Gasteiger partial charge in [0.05, 0.1) is 24.9 Å². The maximum Gasteiger partial charge on any atom is 0.106 e. The van der Waals surface area contributed by atoms with Crippen LogP contribution in [-0.4, -0.2) is 58.6 Å². The van der Waals surface area contributed by atoms with Gasteiger partial charge in [0.1, 0.15) is 6.10 Å². The summed E-state index contributed by atoms with van der Waals surface area (Å²) in [5, 5.41) is 37.0. The van der Waals surface area contributed by atoms with E-state index >= 15 is 0 Å². The zero-order valence-electron chi connectivity index (χ0n) is 8.79. The molecule has 0 saturated carbocycles. The summed E-state index contributed by atoms with van der Waals surface area (Å²) in [6.45, 7) is 2.73. The molecular weight excluding hydrogens is 188 g/mol. The molecule has 0 aliphatic carbocycles. The SMILES string of the molecule is COC(C)C(O)C(O)C(C)[C@H](O)CO. The lowest BCUT2D eigenvalue weighted by Crippen LogP contribution is -2.45. The van der Waals surface area contributed by atoms with Crippen molar-refractivity contribution in [3.8, 4) is 0 Å². The molecule has 5 atom stereocenters. The fourth-order valence-corrected chi connectivity index (χ4v) is 1.12. The third kappa shape index (κ3) is 3.51. The summed E-state index contributed by atoms with van der Waals surface area (Å²) in [6, 6.07) is 0. The van der Waals surface area contributed by atoms with E-state index in [0.717, 1.165) is 0 Å². The molecule has 0 aromatic carbocycles. The third-order valence-electron chi connectivity index (χ3n) is 2.54. The van der Waals surface area contributed by atoms with E-state index in [-0.39, 0.29) is 0 Å². The van der Waals surface area contributed by atoms with E-state index in [0.29, 0.717) is 0 Å². The van der Waals surface area contributed by atoms with Crippen LogP contribution in [0.5, 0.6) is 0 Å². The van der Waals surface area contributed by atoms with Gasteiger partial charge in [-0.25, -0.2) is 0 Å². The standard InChI is InChI=1S/C9H20O5/c1-5(7(11)4-10)8(12)9(13)6(2)14-3/h5-13H,4H2,1-3H3/t5?,6?,7-,8?,9?/m1/s1. The Morgan fingerprint density at radius 3 is 1.93 bits per heavy atom. The number of rotatable bonds is 6. The van der Waals surface area contributed by atoms with Crippen molar-refractivity contribution in [1.82, 2.24) is 0 Å². The maximum atomic E-state index is 9.59. The van der Waals surface area contributed by atoms with Gasteiger partial charge in [-0.05, 0) is 6.92 Å². The fourth-order valence-electron chi connectivity index (χ4n) is 1.12. The van der Waals surface area contributed by atoms with Gasteiger partial charge in [-0.15, -0.1) is 0 Å². The van der Waals surface area contributed by atoms with Crippen LogP contribution in [0.1, 0.15) is 13.8 Å². The van der Waals surface area contributed by atoms with Crippen LogP contribution in [-0.2, 0) is 4.74 Å². The van der Waals surface area contributed by atoms with Crippen molar-refractivity contribution in [2.24, 2.45) is 5.92 Å². The highest BCUT2D eigenvalue weighted by Gasteiger charge is 2.31. The highest BCUT2D eigenvalue weighted by Crippen LogP contribution is 2.15.